The number of aryl methyl sites for hydroxylation is 1. The van der Waals surface area contributed by atoms with E-state index in [0.29, 0.717) is 12.1 Å². The van der Waals surface area contributed by atoms with Crippen LogP contribution in [-0.2, 0) is 26.1 Å². The number of carbonyl (C=O) groups is 1. The largest absolute Gasteiger partial charge is 0.326 e. The molecule has 0 aliphatic heterocycles. The predicted molar refractivity (Wildman–Crippen MR) is 94.3 cm³/mol. The molecule has 1 amide bonds. The average Bonchev–Trinajstić information content (AvgIpc) is 3.08. The second-order valence-corrected chi connectivity index (χ2v) is 8.07. The molecule has 0 spiro atoms. The van der Waals surface area contributed by atoms with E-state index in [-0.39, 0.29) is 10.8 Å². The van der Waals surface area contributed by atoms with Gasteiger partial charge in [-0.15, -0.1) is 11.3 Å². The minimum atomic E-state index is -3.67. The maximum absolute atomic E-state index is 12.1. The molecule has 1 aromatic carbocycles. The molecule has 0 radical (unpaired) electrons. The number of anilines is 1. The molecule has 0 saturated heterocycles. The molecule has 0 atom stereocenters. The lowest BCUT2D eigenvalue weighted by molar-refractivity contribution is -0.116. The Balaban J connectivity index is 1.88. The van der Waals surface area contributed by atoms with Gasteiger partial charge < -0.3 is 5.32 Å². The third-order valence-electron chi connectivity index (χ3n) is 3.44. The van der Waals surface area contributed by atoms with Crippen molar-refractivity contribution in [1.82, 2.24) is 4.47 Å². The number of nitrogens with zero attached hydrogens (tertiary/aromatic N) is 1. The summed E-state index contributed by atoms with van der Waals surface area (Å²) < 4.78 is 24.9. The Labute approximate surface area is 146 Å². The molecular formula is C16H20N2O4S2. The maximum atomic E-state index is 12.1. The van der Waals surface area contributed by atoms with Crippen LogP contribution >= 0.6 is 11.3 Å². The monoisotopic (exact) mass is 368 g/mol. The van der Waals surface area contributed by atoms with Crippen LogP contribution in [0.5, 0.6) is 0 Å². The highest BCUT2D eigenvalue weighted by molar-refractivity contribution is 7.89. The van der Waals surface area contributed by atoms with Crippen LogP contribution in [0.15, 0.2) is 46.7 Å². The number of rotatable bonds is 8. The lowest BCUT2D eigenvalue weighted by Gasteiger charge is -2.14. The van der Waals surface area contributed by atoms with Crippen LogP contribution in [0.1, 0.15) is 17.7 Å². The van der Waals surface area contributed by atoms with Crippen molar-refractivity contribution in [3.05, 3.63) is 46.7 Å². The molecule has 6 nitrogen and oxygen atoms in total. The van der Waals surface area contributed by atoms with Gasteiger partial charge in [-0.2, -0.15) is 0 Å². The molecule has 130 valence electrons. The van der Waals surface area contributed by atoms with Gasteiger partial charge in [-0.05, 0) is 48.6 Å². The minimum Gasteiger partial charge on any atom is -0.326 e. The van der Waals surface area contributed by atoms with Crippen LogP contribution in [0.2, 0.25) is 0 Å². The third-order valence-corrected chi connectivity index (χ3v) is 6.07. The van der Waals surface area contributed by atoms with E-state index in [1.807, 2.05) is 11.4 Å². The van der Waals surface area contributed by atoms with E-state index in [2.05, 4.69) is 11.4 Å². The van der Waals surface area contributed by atoms with Crippen molar-refractivity contribution in [2.75, 3.05) is 19.5 Å². The Kier molecular flexibility index (Phi) is 6.50. The molecule has 24 heavy (non-hydrogen) atoms. The molecule has 1 heterocycles. The molecule has 1 aromatic heterocycles. The number of amides is 1. The standard InChI is InChI=1S/C16H20N2O4S2/c1-18(22-2)24(20,21)15-10-8-13(9-11-15)17-16(19)7-3-5-14-6-4-12-23-14/h4,6,8-12H,3,5,7H2,1-2H3,(H,17,19). The maximum Gasteiger partial charge on any atom is 0.264 e. The normalized spacial score (nSPS) is 11.6. The summed E-state index contributed by atoms with van der Waals surface area (Å²) in [5.41, 5.74) is 0.565. The Morgan fingerprint density at radius 3 is 2.54 bits per heavy atom. The summed E-state index contributed by atoms with van der Waals surface area (Å²) in [7, 11) is -1.08. The SMILES string of the molecule is CON(C)S(=O)(=O)c1ccc(NC(=O)CCCc2cccs2)cc1. The summed E-state index contributed by atoms with van der Waals surface area (Å²) in [6, 6.07) is 10.1. The summed E-state index contributed by atoms with van der Waals surface area (Å²) in [4.78, 5) is 18.0. The van der Waals surface area contributed by atoms with Crippen molar-refractivity contribution < 1.29 is 18.0 Å². The predicted octanol–water partition coefficient (Wildman–Crippen LogP) is 2.89. The summed E-state index contributed by atoms with van der Waals surface area (Å²) in [6.45, 7) is 0. The topological polar surface area (TPSA) is 75.7 Å². The van der Waals surface area contributed by atoms with Crippen molar-refractivity contribution in [3.63, 3.8) is 0 Å². The Morgan fingerprint density at radius 1 is 1.25 bits per heavy atom. The zero-order valence-corrected chi connectivity index (χ0v) is 15.2. The Bertz CT molecular complexity index is 756. The quantitative estimate of drug-likeness (QED) is 0.727. The summed E-state index contributed by atoms with van der Waals surface area (Å²) in [6.07, 6.45) is 2.08. The Hall–Kier alpha value is -1.74. The van der Waals surface area contributed by atoms with Gasteiger partial charge in [0.1, 0.15) is 0 Å². The fraction of sp³-hybridized carbons (Fsp3) is 0.312. The van der Waals surface area contributed by atoms with Gasteiger partial charge in [0.15, 0.2) is 0 Å². The number of thiophene rings is 1. The average molecular weight is 368 g/mol. The molecule has 0 fully saturated rings. The van der Waals surface area contributed by atoms with Crippen LogP contribution in [-0.4, -0.2) is 33.0 Å². The minimum absolute atomic E-state index is 0.0869. The molecular weight excluding hydrogens is 348 g/mol. The van der Waals surface area contributed by atoms with Crippen LogP contribution in [0, 0.1) is 0 Å². The van der Waals surface area contributed by atoms with Gasteiger partial charge in [-0.25, -0.2) is 8.42 Å². The summed E-state index contributed by atoms with van der Waals surface area (Å²) in [5, 5.41) is 4.79. The summed E-state index contributed by atoms with van der Waals surface area (Å²) >= 11 is 1.68. The van der Waals surface area contributed by atoms with E-state index in [1.165, 1.54) is 31.2 Å². The van der Waals surface area contributed by atoms with Gasteiger partial charge in [0.05, 0.1) is 12.0 Å². The molecule has 8 heteroatoms. The molecule has 0 aliphatic carbocycles. The van der Waals surface area contributed by atoms with Gasteiger partial charge >= 0.3 is 0 Å². The van der Waals surface area contributed by atoms with Gasteiger partial charge in [-0.1, -0.05) is 10.5 Å². The molecule has 0 saturated carbocycles. The number of carbonyl (C=O) groups excluding carboxylic acids is 1. The smallest absolute Gasteiger partial charge is 0.264 e. The van der Waals surface area contributed by atoms with E-state index < -0.39 is 10.0 Å². The van der Waals surface area contributed by atoms with Gasteiger partial charge in [0.25, 0.3) is 10.0 Å². The van der Waals surface area contributed by atoms with Crippen molar-refractivity contribution in [2.24, 2.45) is 0 Å². The van der Waals surface area contributed by atoms with Gasteiger partial charge in [0, 0.05) is 24.0 Å². The van der Waals surface area contributed by atoms with Crippen LogP contribution < -0.4 is 5.32 Å². The first-order valence-corrected chi connectivity index (χ1v) is 9.71. The highest BCUT2D eigenvalue weighted by Crippen LogP contribution is 2.18. The number of hydroxylamine groups is 1. The lowest BCUT2D eigenvalue weighted by Crippen LogP contribution is -2.25. The number of benzene rings is 1. The number of hydrogen-bond acceptors (Lipinski definition) is 5. The number of sulfonamides is 1. The van der Waals surface area contributed by atoms with Crippen LogP contribution in [0.25, 0.3) is 0 Å². The highest BCUT2D eigenvalue weighted by atomic mass is 32.2. The fourth-order valence-corrected chi connectivity index (χ4v) is 3.78. The van der Waals surface area contributed by atoms with E-state index in [0.717, 1.165) is 17.3 Å². The zero-order chi connectivity index (χ0) is 17.6. The van der Waals surface area contributed by atoms with Gasteiger partial charge in [0.2, 0.25) is 5.91 Å². The van der Waals surface area contributed by atoms with Crippen molar-refractivity contribution in [3.8, 4) is 0 Å². The number of nitrogens with one attached hydrogen (secondary N) is 1. The second-order valence-electron chi connectivity index (χ2n) is 5.10. The lowest BCUT2D eigenvalue weighted by atomic mass is 10.2. The molecule has 2 aromatic rings. The third kappa shape index (κ3) is 4.88. The van der Waals surface area contributed by atoms with Crippen molar-refractivity contribution >= 4 is 33.0 Å². The fourth-order valence-electron chi connectivity index (χ4n) is 2.06. The first kappa shape index (κ1) is 18.6. The first-order valence-electron chi connectivity index (χ1n) is 7.39. The summed E-state index contributed by atoms with van der Waals surface area (Å²) in [5.74, 6) is -0.0869. The number of hydrogen-bond donors (Lipinski definition) is 1. The van der Waals surface area contributed by atoms with Crippen molar-refractivity contribution in [2.45, 2.75) is 24.2 Å². The molecule has 1 N–H and O–H groups in total. The van der Waals surface area contributed by atoms with E-state index in [1.54, 1.807) is 23.5 Å². The molecule has 0 aliphatic rings. The molecule has 0 unspecified atom stereocenters. The van der Waals surface area contributed by atoms with Gasteiger partial charge in [-0.3, -0.25) is 9.63 Å². The van der Waals surface area contributed by atoms with Crippen LogP contribution in [0.4, 0.5) is 5.69 Å². The highest BCUT2D eigenvalue weighted by Gasteiger charge is 2.20. The first-order chi connectivity index (χ1) is 11.4. The molecule has 0 bridgehead atoms. The molecule has 2 rings (SSSR count). The zero-order valence-electron chi connectivity index (χ0n) is 13.6. The second kappa shape index (κ2) is 8.39. The van der Waals surface area contributed by atoms with E-state index in [4.69, 9.17) is 4.84 Å². The Morgan fingerprint density at radius 2 is 1.96 bits per heavy atom. The van der Waals surface area contributed by atoms with E-state index in [9.17, 15) is 13.2 Å². The van der Waals surface area contributed by atoms with Crippen LogP contribution in [0.3, 0.4) is 0 Å². The van der Waals surface area contributed by atoms with Crippen molar-refractivity contribution in [1.29, 1.82) is 0 Å². The van der Waals surface area contributed by atoms with E-state index >= 15 is 0 Å².